The first-order valence-corrected chi connectivity index (χ1v) is 12.2. The summed E-state index contributed by atoms with van der Waals surface area (Å²) in [6.07, 6.45) is 1.09. The van der Waals surface area contributed by atoms with Crippen LogP contribution in [-0.2, 0) is 17.9 Å². The van der Waals surface area contributed by atoms with Crippen molar-refractivity contribution in [2.75, 3.05) is 0 Å². The number of benzene rings is 1. The molecule has 3 aromatic rings. The number of hydrogen-bond donors (Lipinski definition) is 1. The van der Waals surface area contributed by atoms with Crippen molar-refractivity contribution in [3.63, 3.8) is 0 Å². The summed E-state index contributed by atoms with van der Waals surface area (Å²) in [6, 6.07) is 8.10. The Morgan fingerprint density at radius 2 is 2.04 bits per heavy atom. The van der Waals surface area contributed by atoms with E-state index in [0.29, 0.717) is 5.16 Å². The van der Waals surface area contributed by atoms with E-state index in [2.05, 4.69) is 31.0 Å². The highest BCUT2D eigenvalue weighted by Crippen LogP contribution is 2.43. The molecule has 0 spiro atoms. The number of ether oxygens (including phenoxy) is 1. The number of thiophene rings is 1. The first-order chi connectivity index (χ1) is 13.3. The van der Waals surface area contributed by atoms with Crippen LogP contribution in [0, 0.1) is 0 Å². The number of nitrogens with one attached hydrogen (secondary N) is 1. The molecular formula is C21H24N2O2S3. The molecule has 148 valence electrons. The van der Waals surface area contributed by atoms with Gasteiger partial charge in [-0.3, -0.25) is 4.79 Å². The molecule has 0 unspecified atom stereocenters. The van der Waals surface area contributed by atoms with E-state index in [9.17, 15) is 4.79 Å². The van der Waals surface area contributed by atoms with E-state index in [1.165, 1.54) is 16.0 Å². The van der Waals surface area contributed by atoms with E-state index in [0.717, 1.165) is 33.9 Å². The van der Waals surface area contributed by atoms with Crippen LogP contribution in [-0.4, -0.2) is 20.8 Å². The molecule has 0 atom stereocenters. The number of aromatic amines is 1. The van der Waals surface area contributed by atoms with Crippen LogP contribution in [0.5, 0.6) is 5.75 Å². The maximum atomic E-state index is 12.8. The number of fused-ring (bicyclic) bond motifs is 3. The SMILES string of the molecule is CC(C)Oc1ccc(CSc2nc3sc4c(c3c(=O)[nH]2)CC(C)(C)SC4)cc1. The Labute approximate surface area is 177 Å². The highest BCUT2D eigenvalue weighted by Gasteiger charge is 2.30. The Balaban J connectivity index is 1.53. The van der Waals surface area contributed by atoms with Crippen molar-refractivity contribution in [2.45, 2.75) is 61.6 Å². The minimum absolute atomic E-state index is 0.00613. The van der Waals surface area contributed by atoms with Crippen molar-refractivity contribution in [1.29, 1.82) is 0 Å². The van der Waals surface area contributed by atoms with Gasteiger partial charge in [0.05, 0.1) is 11.5 Å². The third-order valence-electron chi connectivity index (χ3n) is 4.59. The molecule has 0 amide bonds. The van der Waals surface area contributed by atoms with E-state index in [-0.39, 0.29) is 16.4 Å². The molecule has 0 bridgehead atoms. The van der Waals surface area contributed by atoms with Crippen molar-refractivity contribution in [2.24, 2.45) is 0 Å². The monoisotopic (exact) mass is 432 g/mol. The van der Waals surface area contributed by atoms with Crippen molar-refractivity contribution in [1.82, 2.24) is 9.97 Å². The lowest BCUT2D eigenvalue weighted by atomic mass is 10.00. The quantitative estimate of drug-likeness (QED) is 0.418. The van der Waals surface area contributed by atoms with Gasteiger partial charge in [-0.1, -0.05) is 37.7 Å². The molecule has 2 aromatic heterocycles. The number of rotatable bonds is 5. The molecule has 1 aliphatic rings. The van der Waals surface area contributed by atoms with Crippen LogP contribution in [0.3, 0.4) is 0 Å². The van der Waals surface area contributed by atoms with Crippen LogP contribution in [0.15, 0.2) is 34.2 Å². The molecule has 4 nitrogen and oxygen atoms in total. The summed E-state index contributed by atoms with van der Waals surface area (Å²) < 4.78 is 5.86. The number of thioether (sulfide) groups is 2. The van der Waals surface area contributed by atoms with Crippen molar-refractivity contribution < 1.29 is 4.74 Å². The van der Waals surface area contributed by atoms with E-state index in [4.69, 9.17) is 9.72 Å². The van der Waals surface area contributed by atoms with Gasteiger partial charge >= 0.3 is 0 Å². The zero-order valence-electron chi connectivity index (χ0n) is 16.5. The molecule has 1 aromatic carbocycles. The average Bonchev–Trinajstić information content (AvgIpc) is 2.97. The van der Waals surface area contributed by atoms with Gasteiger partial charge in [-0.15, -0.1) is 23.1 Å². The van der Waals surface area contributed by atoms with Crippen LogP contribution in [0.1, 0.15) is 43.7 Å². The molecule has 0 aliphatic carbocycles. The summed E-state index contributed by atoms with van der Waals surface area (Å²) in [7, 11) is 0. The van der Waals surface area contributed by atoms with Gasteiger partial charge in [-0.2, -0.15) is 0 Å². The third kappa shape index (κ3) is 4.26. The molecule has 0 saturated heterocycles. The lowest BCUT2D eigenvalue weighted by Crippen LogP contribution is -2.23. The maximum absolute atomic E-state index is 12.8. The van der Waals surface area contributed by atoms with Gasteiger partial charge in [0.15, 0.2) is 5.16 Å². The number of aromatic nitrogens is 2. The van der Waals surface area contributed by atoms with E-state index < -0.39 is 0 Å². The van der Waals surface area contributed by atoms with Gasteiger partial charge in [0.1, 0.15) is 10.6 Å². The minimum atomic E-state index is -0.00613. The average molecular weight is 433 g/mol. The van der Waals surface area contributed by atoms with Gasteiger partial charge in [-0.05, 0) is 43.5 Å². The van der Waals surface area contributed by atoms with E-state index >= 15 is 0 Å². The fraction of sp³-hybridized carbons (Fsp3) is 0.429. The highest BCUT2D eigenvalue weighted by molar-refractivity contribution is 8.00. The van der Waals surface area contributed by atoms with Gasteiger partial charge in [0, 0.05) is 21.1 Å². The Morgan fingerprint density at radius 1 is 1.29 bits per heavy atom. The standard InChI is InChI=1S/C21H24N2O2S3/c1-12(2)25-14-7-5-13(6-8-14)10-26-20-22-18(24)17-15-9-21(3,4)27-11-16(15)28-19(17)23-20/h5-8,12H,9-11H2,1-4H3,(H,22,23,24). The van der Waals surface area contributed by atoms with Gasteiger partial charge in [0.2, 0.25) is 0 Å². The topological polar surface area (TPSA) is 55.0 Å². The summed E-state index contributed by atoms with van der Waals surface area (Å²) >= 11 is 5.19. The molecule has 0 radical (unpaired) electrons. The van der Waals surface area contributed by atoms with E-state index in [1.54, 1.807) is 23.1 Å². The van der Waals surface area contributed by atoms with Crippen LogP contribution < -0.4 is 10.3 Å². The highest BCUT2D eigenvalue weighted by atomic mass is 32.2. The Kier molecular flexibility index (Phi) is 5.51. The van der Waals surface area contributed by atoms with Crippen LogP contribution in [0.4, 0.5) is 0 Å². The summed E-state index contributed by atoms with van der Waals surface area (Å²) in [4.78, 5) is 22.7. The fourth-order valence-electron chi connectivity index (χ4n) is 3.29. The predicted molar refractivity (Wildman–Crippen MR) is 121 cm³/mol. The second kappa shape index (κ2) is 7.76. The van der Waals surface area contributed by atoms with Gasteiger partial charge in [0.25, 0.3) is 5.56 Å². The van der Waals surface area contributed by atoms with Gasteiger partial charge in [-0.25, -0.2) is 4.98 Å². The Hall–Kier alpha value is -1.44. The maximum Gasteiger partial charge on any atom is 0.260 e. The number of hydrogen-bond acceptors (Lipinski definition) is 6. The molecule has 0 fully saturated rings. The van der Waals surface area contributed by atoms with E-state index in [1.807, 2.05) is 37.7 Å². The summed E-state index contributed by atoms with van der Waals surface area (Å²) in [5.41, 5.74) is 2.37. The predicted octanol–water partition coefficient (Wildman–Crippen LogP) is 5.63. The molecule has 4 rings (SSSR count). The van der Waals surface area contributed by atoms with Gasteiger partial charge < -0.3 is 9.72 Å². The lowest BCUT2D eigenvalue weighted by Gasteiger charge is -2.28. The lowest BCUT2D eigenvalue weighted by molar-refractivity contribution is 0.242. The zero-order valence-corrected chi connectivity index (χ0v) is 18.9. The summed E-state index contributed by atoms with van der Waals surface area (Å²) in [5, 5.41) is 1.48. The molecule has 28 heavy (non-hydrogen) atoms. The molecule has 0 saturated carbocycles. The number of H-pyrrole nitrogens is 1. The number of nitrogens with zero attached hydrogens (tertiary/aromatic N) is 1. The fourth-order valence-corrected chi connectivity index (χ4v) is 6.50. The van der Waals surface area contributed by atoms with Crippen LogP contribution >= 0.6 is 34.9 Å². The van der Waals surface area contributed by atoms with Crippen molar-refractivity contribution in [3.05, 3.63) is 50.6 Å². The van der Waals surface area contributed by atoms with Crippen molar-refractivity contribution >= 4 is 45.1 Å². The minimum Gasteiger partial charge on any atom is -0.491 e. The molecule has 7 heteroatoms. The largest absolute Gasteiger partial charge is 0.491 e. The summed E-state index contributed by atoms with van der Waals surface area (Å²) in [6.45, 7) is 8.52. The first-order valence-electron chi connectivity index (χ1n) is 9.38. The molecular weight excluding hydrogens is 408 g/mol. The molecule has 1 aliphatic heterocycles. The third-order valence-corrected chi connectivity index (χ3v) is 8.20. The first kappa shape index (κ1) is 19.9. The molecule has 3 heterocycles. The Bertz CT molecular complexity index is 1050. The summed E-state index contributed by atoms with van der Waals surface area (Å²) in [5.74, 6) is 2.60. The normalized spacial score (nSPS) is 15.8. The zero-order chi connectivity index (χ0) is 19.9. The second-order valence-electron chi connectivity index (χ2n) is 7.88. The van der Waals surface area contributed by atoms with Crippen LogP contribution in [0.2, 0.25) is 0 Å². The van der Waals surface area contributed by atoms with Crippen molar-refractivity contribution in [3.8, 4) is 5.75 Å². The molecule has 1 N–H and O–H groups in total. The Morgan fingerprint density at radius 3 is 2.75 bits per heavy atom. The smallest absolute Gasteiger partial charge is 0.260 e. The van der Waals surface area contributed by atoms with Crippen LogP contribution in [0.25, 0.3) is 10.2 Å². The second-order valence-corrected chi connectivity index (χ2v) is 11.6.